The minimum absolute atomic E-state index is 0.0339. The number of rotatable bonds is 8. The summed E-state index contributed by atoms with van der Waals surface area (Å²) in [6.45, 7) is 1.93. The van der Waals surface area contributed by atoms with Gasteiger partial charge in [-0.25, -0.2) is 9.79 Å². The number of furan rings is 1. The second-order valence-electron chi connectivity index (χ2n) is 8.71. The third-order valence-electron chi connectivity index (χ3n) is 6.23. The first kappa shape index (κ1) is 27.3. The Labute approximate surface area is 236 Å². The van der Waals surface area contributed by atoms with Crippen LogP contribution in [0.2, 0.25) is 5.02 Å². The predicted octanol–water partition coefficient (Wildman–Crippen LogP) is 4.25. The number of halogens is 1. The van der Waals surface area contributed by atoms with E-state index >= 15 is 0 Å². The lowest BCUT2D eigenvalue weighted by Gasteiger charge is -2.25. The highest BCUT2D eigenvalue weighted by Crippen LogP contribution is 2.35. The number of hydrogen-bond donors (Lipinski definition) is 0. The molecule has 3 heterocycles. The number of thiazole rings is 1. The Bertz CT molecular complexity index is 1840. The van der Waals surface area contributed by atoms with E-state index in [-0.39, 0.29) is 30.2 Å². The fourth-order valence-electron chi connectivity index (χ4n) is 4.41. The van der Waals surface area contributed by atoms with Gasteiger partial charge in [-0.2, -0.15) is 0 Å². The van der Waals surface area contributed by atoms with Gasteiger partial charge < -0.3 is 13.9 Å². The van der Waals surface area contributed by atoms with E-state index in [9.17, 15) is 19.7 Å². The zero-order valence-corrected chi connectivity index (χ0v) is 22.9. The summed E-state index contributed by atoms with van der Waals surface area (Å²) >= 11 is 7.67. The SMILES string of the molecule is COCCOC(=O)C1=C(C)N=c2s/c(=C\c3ccc(-c4ccccc4[N+](=O)[O-])o3)c(=O)n2[C@@H]1c1ccccc1Cl. The molecule has 2 aromatic heterocycles. The zero-order chi connectivity index (χ0) is 28.4. The van der Waals surface area contributed by atoms with Crippen LogP contribution in [0.25, 0.3) is 17.4 Å². The number of nitro groups is 1. The molecule has 10 nitrogen and oxygen atoms in total. The van der Waals surface area contributed by atoms with Gasteiger partial charge in [0, 0.05) is 24.3 Å². The summed E-state index contributed by atoms with van der Waals surface area (Å²) in [4.78, 5) is 42.9. The quantitative estimate of drug-likeness (QED) is 0.132. The highest BCUT2D eigenvalue weighted by molar-refractivity contribution is 7.07. The highest BCUT2D eigenvalue weighted by Gasteiger charge is 2.34. The Kier molecular flexibility index (Phi) is 7.78. The molecule has 2 aromatic carbocycles. The van der Waals surface area contributed by atoms with E-state index in [4.69, 9.17) is 25.5 Å². The Morgan fingerprint density at radius 2 is 1.93 bits per heavy atom. The van der Waals surface area contributed by atoms with Crippen molar-refractivity contribution in [2.24, 2.45) is 4.99 Å². The summed E-state index contributed by atoms with van der Waals surface area (Å²) in [5.41, 5.74) is 0.951. The molecule has 0 bridgehead atoms. The second-order valence-corrected chi connectivity index (χ2v) is 10.1. The maximum Gasteiger partial charge on any atom is 0.338 e. The summed E-state index contributed by atoms with van der Waals surface area (Å²) in [6.07, 6.45) is 1.54. The smallest absolute Gasteiger partial charge is 0.338 e. The number of carbonyl (C=O) groups is 1. The third kappa shape index (κ3) is 5.14. The van der Waals surface area contributed by atoms with Crippen molar-refractivity contribution in [2.75, 3.05) is 20.3 Å². The topological polar surface area (TPSA) is 126 Å². The summed E-state index contributed by atoms with van der Waals surface area (Å²) in [5, 5.41) is 11.8. The minimum Gasteiger partial charge on any atom is -0.460 e. The molecular weight excluding hydrogens is 558 g/mol. The molecule has 0 aliphatic carbocycles. The maximum absolute atomic E-state index is 13.8. The van der Waals surface area contributed by atoms with Crippen LogP contribution < -0.4 is 14.9 Å². The number of para-hydroxylation sites is 1. The lowest BCUT2D eigenvalue weighted by molar-refractivity contribution is -0.384. The van der Waals surface area contributed by atoms with Crippen molar-refractivity contribution in [1.29, 1.82) is 0 Å². The van der Waals surface area contributed by atoms with Crippen LogP contribution in [0.15, 0.2) is 86.1 Å². The fraction of sp³-hybridized carbons (Fsp3) is 0.179. The molecule has 1 aliphatic rings. The molecule has 1 atom stereocenters. The number of allylic oxidation sites excluding steroid dienone is 1. The summed E-state index contributed by atoms with van der Waals surface area (Å²) < 4.78 is 18.0. The summed E-state index contributed by atoms with van der Waals surface area (Å²) in [7, 11) is 1.50. The zero-order valence-electron chi connectivity index (χ0n) is 21.3. The van der Waals surface area contributed by atoms with Crippen LogP contribution in [0.3, 0.4) is 0 Å². The molecule has 4 aromatic rings. The van der Waals surface area contributed by atoms with Gasteiger partial charge in [-0.1, -0.05) is 53.3 Å². The summed E-state index contributed by atoms with van der Waals surface area (Å²) in [5.74, 6) is -0.0162. The van der Waals surface area contributed by atoms with Crippen LogP contribution in [0, 0.1) is 10.1 Å². The second kappa shape index (κ2) is 11.4. The van der Waals surface area contributed by atoms with E-state index < -0.39 is 22.5 Å². The number of methoxy groups -OCH3 is 1. The van der Waals surface area contributed by atoms with E-state index in [2.05, 4.69) is 4.99 Å². The monoisotopic (exact) mass is 579 g/mol. The first-order chi connectivity index (χ1) is 19.3. The molecule has 0 saturated heterocycles. The number of ether oxygens (including phenoxy) is 2. The standard InChI is InChI=1S/C28H22ClN3O7S/c1-16-24(27(34)38-14-13-37-2)25(18-7-3-5-9-20(18)29)31-26(33)23(40-28(31)30-16)15-17-11-12-22(39-17)19-8-4-6-10-21(19)32(35)36/h3-12,15,25H,13-14H2,1-2H3/b23-15-/t25-/m1/s1. The fourth-order valence-corrected chi connectivity index (χ4v) is 5.68. The number of benzene rings is 2. The highest BCUT2D eigenvalue weighted by atomic mass is 35.5. The first-order valence-electron chi connectivity index (χ1n) is 12.1. The van der Waals surface area contributed by atoms with Gasteiger partial charge in [-0.3, -0.25) is 19.5 Å². The number of hydrogen-bond acceptors (Lipinski definition) is 9. The largest absolute Gasteiger partial charge is 0.460 e. The Balaban J connectivity index is 1.62. The summed E-state index contributed by atoms with van der Waals surface area (Å²) in [6, 6.07) is 15.6. The van der Waals surface area contributed by atoms with Crippen molar-refractivity contribution >= 4 is 40.7 Å². The molecule has 12 heteroatoms. The van der Waals surface area contributed by atoms with Crippen molar-refractivity contribution < 1.29 is 23.6 Å². The molecule has 1 aliphatic heterocycles. The predicted molar refractivity (Wildman–Crippen MR) is 149 cm³/mol. The lowest BCUT2D eigenvalue weighted by atomic mass is 9.96. The molecule has 0 spiro atoms. The molecular formula is C28H22ClN3O7S. The van der Waals surface area contributed by atoms with Gasteiger partial charge >= 0.3 is 5.97 Å². The molecule has 0 unspecified atom stereocenters. The molecule has 0 amide bonds. The van der Waals surface area contributed by atoms with Gasteiger partial charge in [0.2, 0.25) is 0 Å². The van der Waals surface area contributed by atoms with Crippen molar-refractivity contribution in [2.45, 2.75) is 13.0 Å². The van der Waals surface area contributed by atoms with E-state index in [1.54, 1.807) is 67.6 Å². The van der Waals surface area contributed by atoms with Crippen molar-refractivity contribution in [3.8, 4) is 11.3 Å². The Morgan fingerprint density at radius 1 is 1.18 bits per heavy atom. The molecule has 40 heavy (non-hydrogen) atoms. The van der Waals surface area contributed by atoms with Gasteiger partial charge in [0.15, 0.2) is 4.80 Å². The number of fused-ring (bicyclic) bond motifs is 1. The lowest BCUT2D eigenvalue weighted by Crippen LogP contribution is -2.40. The first-order valence-corrected chi connectivity index (χ1v) is 13.3. The van der Waals surface area contributed by atoms with Gasteiger partial charge in [0.1, 0.15) is 24.2 Å². The number of nitro benzene ring substituents is 1. The number of esters is 1. The van der Waals surface area contributed by atoms with Crippen molar-refractivity contribution in [3.05, 3.63) is 118 Å². The van der Waals surface area contributed by atoms with Crippen LogP contribution in [0.4, 0.5) is 5.69 Å². The number of nitrogens with zero attached hydrogens (tertiary/aromatic N) is 3. The van der Waals surface area contributed by atoms with Gasteiger partial charge in [-0.05, 0) is 36.8 Å². The molecule has 5 rings (SSSR count). The van der Waals surface area contributed by atoms with Crippen LogP contribution in [-0.2, 0) is 14.3 Å². The van der Waals surface area contributed by atoms with Crippen LogP contribution in [0.1, 0.15) is 24.3 Å². The number of carbonyl (C=O) groups excluding carboxylic acids is 1. The molecule has 0 radical (unpaired) electrons. The Morgan fingerprint density at radius 3 is 2.67 bits per heavy atom. The average molecular weight is 580 g/mol. The van der Waals surface area contributed by atoms with Crippen molar-refractivity contribution in [1.82, 2.24) is 4.57 Å². The van der Waals surface area contributed by atoms with Crippen LogP contribution >= 0.6 is 22.9 Å². The molecule has 0 fully saturated rings. The van der Waals surface area contributed by atoms with Gasteiger partial charge in [0.25, 0.3) is 11.2 Å². The minimum atomic E-state index is -0.874. The van der Waals surface area contributed by atoms with E-state index in [1.807, 2.05) is 0 Å². The third-order valence-corrected chi connectivity index (χ3v) is 7.56. The maximum atomic E-state index is 13.8. The number of aromatic nitrogens is 1. The molecule has 0 saturated carbocycles. The normalized spacial score (nSPS) is 15.1. The van der Waals surface area contributed by atoms with Crippen LogP contribution in [0.5, 0.6) is 0 Å². The van der Waals surface area contributed by atoms with Gasteiger partial charge in [0.05, 0.1) is 32.9 Å². The van der Waals surface area contributed by atoms with E-state index in [1.165, 1.54) is 17.7 Å². The van der Waals surface area contributed by atoms with Crippen molar-refractivity contribution in [3.63, 3.8) is 0 Å². The molecule has 204 valence electrons. The van der Waals surface area contributed by atoms with Gasteiger partial charge in [-0.15, -0.1) is 0 Å². The average Bonchev–Trinajstić information content (AvgIpc) is 3.52. The van der Waals surface area contributed by atoms with E-state index in [0.29, 0.717) is 36.9 Å². The van der Waals surface area contributed by atoms with Crippen LogP contribution in [-0.4, -0.2) is 35.8 Å². The van der Waals surface area contributed by atoms with E-state index in [0.717, 1.165) is 11.3 Å². The Hall–Kier alpha value is -4.32. The molecule has 0 N–H and O–H groups in total.